The minimum absolute atomic E-state index is 0.0247. The van der Waals surface area contributed by atoms with Crippen LogP contribution in [0.2, 0.25) is 0 Å². The molecule has 7 heterocycles. The SMILES string of the molecule is CCOC(=O)c1nnn(Cc2ccc(OC)cc2)c1Oc1ccc2ccncc2c1.COc1ccc(Cn2nnc(C(=O)O)c2Oc2ccc3ccncc3c2)cc1.O=C(O)C(F)(F)F.O=C(O)c1[nH]nnc1Oc1ccc2ccncc2c1.Oc1ccc2ccncc2c1. The fourth-order valence-corrected chi connectivity index (χ4v) is 8.50. The lowest BCUT2D eigenvalue weighted by atomic mass is 10.2. The van der Waals surface area contributed by atoms with E-state index in [0.717, 1.165) is 65.7 Å². The number of methoxy groups -OCH3 is 2. The van der Waals surface area contributed by atoms with Crippen LogP contribution >= 0.6 is 0 Å². The summed E-state index contributed by atoms with van der Waals surface area (Å²) in [6.07, 6.45) is 8.68. The van der Waals surface area contributed by atoms with Gasteiger partial charge in [0.1, 0.15) is 34.5 Å². The monoisotopic (exact) mass is 1300 g/mol. The summed E-state index contributed by atoms with van der Waals surface area (Å²) in [5, 5.41) is 67.5. The number of carboxylic acid groups (broad SMARTS) is 3. The molecule has 0 bridgehead atoms. The van der Waals surface area contributed by atoms with Gasteiger partial charge >= 0.3 is 30.1 Å². The number of carboxylic acids is 3. The molecular weight excluding hydrogens is 1240 g/mol. The number of pyridine rings is 4. The normalized spacial score (nSPS) is 10.7. The quantitative estimate of drug-likeness (QED) is 0.0561. The largest absolute Gasteiger partial charge is 0.508 e. The molecule has 0 aliphatic heterocycles. The second kappa shape index (κ2) is 31.0. The van der Waals surface area contributed by atoms with Crippen molar-refractivity contribution >= 4 is 67.0 Å². The molecule has 6 aromatic carbocycles. The number of nitrogens with one attached hydrogen (secondary N) is 1. The number of aromatic amines is 1. The molecule has 0 unspecified atom stereocenters. The number of phenolic OH excluding ortho intramolecular Hbond substituents is 1. The number of hydrogen-bond acceptors (Lipinski definition) is 21. The Morgan fingerprint density at radius 1 is 0.484 bits per heavy atom. The van der Waals surface area contributed by atoms with Crippen molar-refractivity contribution in [1.82, 2.24) is 65.3 Å². The van der Waals surface area contributed by atoms with Gasteiger partial charge in [-0.05, 0) is 137 Å². The number of benzene rings is 6. The third kappa shape index (κ3) is 17.8. The second-order valence-electron chi connectivity index (χ2n) is 19.5. The van der Waals surface area contributed by atoms with Gasteiger partial charge in [-0.15, -0.1) is 10.2 Å². The maximum atomic E-state index is 12.4. The van der Waals surface area contributed by atoms with E-state index >= 15 is 0 Å². The summed E-state index contributed by atoms with van der Waals surface area (Å²) >= 11 is 0. The van der Waals surface area contributed by atoms with Crippen LogP contribution in [0.1, 0.15) is 49.5 Å². The summed E-state index contributed by atoms with van der Waals surface area (Å²) in [6, 6.07) is 44.1. The van der Waals surface area contributed by atoms with Crippen molar-refractivity contribution in [2.45, 2.75) is 26.2 Å². The molecule has 0 saturated carbocycles. The van der Waals surface area contributed by atoms with Gasteiger partial charge in [0.15, 0.2) is 0 Å². The summed E-state index contributed by atoms with van der Waals surface area (Å²) in [4.78, 5) is 59.9. The van der Waals surface area contributed by atoms with E-state index < -0.39 is 30.1 Å². The Morgan fingerprint density at radius 3 is 1.27 bits per heavy atom. The maximum Gasteiger partial charge on any atom is 0.490 e. The molecule has 482 valence electrons. The Hall–Kier alpha value is -13.2. The fourth-order valence-electron chi connectivity index (χ4n) is 8.50. The number of aromatic carboxylic acids is 2. The smallest absolute Gasteiger partial charge is 0.490 e. The Balaban J connectivity index is 0.000000150. The number of aromatic nitrogens is 13. The van der Waals surface area contributed by atoms with Gasteiger partial charge in [-0.2, -0.15) is 13.2 Å². The molecule has 30 heteroatoms. The lowest BCUT2D eigenvalue weighted by Crippen LogP contribution is -2.21. The molecule has 27 nitrogen and oxygen atoms in total. The third-order valence-electron chi connectivity index (χ3n) is 13.1. The highest BCUT2D eigenvalue weighted by Gasteiger charge is 2.38. The number of nitrogens with zero attached hydrogens (tertiary/aromatic N) is 12. The second-order valence-corrected chi connectivity index (χ2v) is 19.5. The highest BCUT2D eigenvalue weighted by molar-refractivity contribution is 5.91. The Labute approximate surface area is 534 Å². The first-order chi connectivity index (χ1) is 45.8. The average molecular weight is 1300 g/mol. The number of carbonyl (C=O) groups excluding carboxylic acids is 1. The Bertz CT molecular complexity index is 4800. The summed E-state index contributed by atoms with van der Waals surface area (Å²) in [5.74, 6) is -2.28. The topological polar surface area (TPSA) is 359 Å². The third-order valence-corrected chi connectivity index (χ3v) is 13.1. The standard InChI is InChI=1S/C22H20N4O4.C20H16N4O4.C12H8N4O3.C9H7NO.C2HF3O2/c1-3-29-22(27)20-21(30-19-9-6-16-10-11-23-13-17(16)12-19)26(25-24-20)14-15-4-7-18(28-2)8-5-15;1-27-16-5-2-13(3-6-16)12-24-19(18(20(25)26)22-23-24)28-17-7-4-14-8-9-21-11-15(14)10-17;17-12(18)10-11(15-16-14-10)19-9-2-1-7-3-4-13-6-8(7)5-9;11-9-2-1-7-3-4-10-6-8(7)5-9;3-2(4,5)1(6)7/h4-13H,3,14H2,1-2H3;2-11H,12H2,1H3,(H,25,26);1-6H,(H,17,18)(H,14,15,16);1-6,11H;(H,6,7). The van der Waals surface area contributed by atoms with Crippen LogP contribution < -0.4 is 23.7 Å². The molecule has 0 spiro atoms. The molecule has 0 aliphatic rings. The zero-order chi connectivity index (χ0) is 67.4. The van der Waals surface area contributed by atoms with E-state index in [0.29, 0.717) is 30.3 Å². The molecule has 13 rings (SSSR count). The predicted octanol–water partition coefficient (Wildman–Crippen LogP) is 11.6. The molecule has 0 atom stereocenters. The molecule has 95 heavy (non-hydrogen) atoms. The summed E-state index contributed by atoms with van der Waals surface area (Å²) in [5.41, 5.74) is 1.43. The number of phenols is 1. The summed E-state index contributed by atoms with van der Waals surface area (Å²) in [7, 11) is 3.21. The van der Waals surface area contributed by atoms with E-state index in [1.807, 2.05) is 109 Å². The van der Waals surface area contributed by atoms with Crippen LogP contribution in [0.4, 0.5) is 13.2 Å². The van der Waals surface area contributed by atoms with Crippen LogP contribution in [0.3, 0.4) is 0 Å². The van der Waals surface area contributed by atoms with E-state index in [1.54, 1.807) is 107 Å². The molecule has 0 radical (unpaired) electrons. The van der Waals surface area contributed by atoms with Gasteiger partial charge in [-0.3, -0.25) is 19.9 Å². The first-order valence-electron chi connectivity index (χ1n) is 27.9. The maximum absolute atomic E-state index is 12.4. The van der Waals surface area contributed by atoms with Gasteiger partial charge in [-0.25, -0.2) is 33.6 Å². The Morgan fingerprint density at radius 2 is 0.874 bits per heavy atom. The molecule has 0 amide bonds. The minimum atomic E-state index is -5.08. The minimum Gasteiger partial charge on any atom is -0.508 e. The van der Waals surface area contributed by atoms with Gasteiger partial charge in [0.25, 0.3) is 17.6 Å². The van der Waals surface area contributed by atoms with Crippen molar-refractivity contribution in [2.24, 2.45) is 0 Å². The van der Waals surface area contributed by atoms with Gasteiger partial charge in [-0.1, -0.05) is 69.3 Å². The number of aliphatic carboxylic acids is 1. The number of hydrogen-bond donors (Lipinski definition) is 5. The molecule has 0 saturated heterocycles. The zero-order valence-electron chi connectivity index (χ0n) is 50.0. The van der Waals surface area contributed by atoms with Crippen molar-refractivity contribution in [3.63, 3.8) is 0 Å². The molecule has 5 N–H and O–H groups in total. The first kappa shape index (κ1) is 66.3. The van der Waals surface area contributed by atoms with Crippen molar-refractivity contribution in [3.05, 3.63) is 223 Å². The molecule has 7 aromatic heterocycles. The lowest BCUT2D eigenvalue weighted by Gasteiger charge is -2.11. The zero-order valence-corrected chi connectivity index (χ0v) is 50.0. The highest BCUT2D eigenvalue weighted by Crippen LogP contribution is 2.31. The van der Waals surface area contributed by atoms with Crippen molar-refractivity contribution < 1.29 is 81.2 Å². The lowest BCUT2D eigenvalue weighted by molar-refractivity contribution is -0.192. The predicted molar refractivity (Wildman–Crippen MR) is 333 cm³/mol. The van der Waals surface area contributed by atoms with Gasteiger partial charge in [0.05, 0.1) is 33.9 Å². The number of alkyl halides is 3. The van der Waals surface area contributed by atoms with E-state index in [4.69, 9.17) is 48.5 Å². The van der Waals surface area contributed by atoms with Crippen LogP contribution in [-0.4, -0.2) is 137 Å². The molecule has 0 fully saturated rings. The van der Waals surface area contributed by atoms with Gasteiger partial charge in [0.2, 0.25) is 17.1 Å². The van der Waals surface area contributed by atoms with E-state index in [1.165, 1.54) is 9.36 Å². The number of halogens is 3. The average Bonchev–Trinajstić information content (AvgIpc) is 1.77. The number of esters is 1. The van der Waals surface area contributed by atoms with Crippen molar-refractivity contribution in [3.8, 4) is 52.1 Å². The number of carbonyl (C=O) groups is 4. The van der Waals surface area contributed by atoms with Crippen LogP contribution in [0.25, 0.3) is 43.1 Å². The molecule has 0 aliphatic carbocycles. The number of fused-ring (bicyclic) bond motifs is 4. The van der Waals surface area contributed by atoms with Crippen LogP contribution in [-0.2, 0) is 22.6 Å². The number of aromatic hydroxyl groups is 1. The number of ether oxygens (including phenoxy) is 6. The van der Waals surface area contributed by atoms with E-state index in [-0.39, 0.29) is 47.1 Å². The van der Waals surface area contributed by atoms with Crippen molar-refractivity contribution in [1.29, 1.82) is 0 Å². The molecule has 13 aromatic rings. The van der Waals surface area contributed by atoms with E-state index in [9.17, 15) is 32.7 Å². The van der Waals surface area contributed by atoms with Crippen LogP contribution in [0, 0.1) is 0 Å². The van der Waals surface area contributed by atoms with E-state index in [2.05, 4.69) is 56.0 Å². The number of rotatable bonds is 16. The van der Waals surface area contributed by atoms with Crippen molar-refractivity contribution in [2.75, 3.05) is 20.8 Å². The van der Waals surface area contributed by atoms with Crippen LogP contribution in [0.5, 0.6) is 52.1 Å². The van der Waals surface area contributed by atoms with Crippen LogP contribution in [0.15, 0.2) is 195 Å². The Kier molecular flexibility index (Phi) is 21.7. The fraction of sp³-hybridized carbons (Fsp3) is 0.108. The highest BCUT2D eigenvalue weighted by atomic mass is 19.4. The van der Waals surface area contributed by atoms with Gasteiger partial charge in [0, 0.05) is 71.1 Å². The summed E-state index contributed by atoms with van der Waals surface area (Å²) in [6.45, 7) is 2.62. The molecular formula is C65H52F3N13O14. The summed E-state index contributed by atoms with van der Waals surface area (Å²) < 4.78 is 67.5. The number of H-pyrrole nitrogens is 1. The first-order valence-corrected chi connectivity index (χ1v) is 27.9. The van der Waals surface area contributed by atoms with Gasteiger partial charge < -0.3 is 48.8 Å².